The van der Waals surface area contributed by atoms with Crippen LogP contribution in [0.3, 0.4) is 0 Å². The second kappa shape index (κ2) is 6.07. The zero-order valence-electron chi connectivity index (χ0n) is 14.0. The Bertz CT molecular complexity index is 812. The van der Waals surface area contributed by atoms with Gasteiger partial charge in [-0.15, -0.1) is 0 Å². The molecular weight excluding hydrogens is 330 g/mol. The predicted molar refractivity (Wildman–Crippen MR) is 101 cm³/mol. The van der Waals surface area contributed by atoms with Crippen molar-refractivity contribution in [3.63, 3.8) is 0 Å². The van der Waals surface area contributed by atoms with E-state index in [-0.39, 0.29) is 5.91 Å². The molecule has 2 aromatic carbocycles. The van der Waals surface area contributed by atoms with Gasteiger partial charge in [-0.05, 0) is 48.2 Å². The Hall–Kier alpha value is -1.98. The van der Waals surface area contributed by atoms with E-state index in [2.05, 4.69) is 45.9 Å². The van der Waals surface area contributed by atoms with Crippen LogP contribution in [-0.4, -0.2) is 35.8 Å². The van der Waals surface area contributed by atoms with E-state index in [1.165, 1.54) is 28.1 Å². The van der Waals surface area contributed by atoms with E-state index in [0.29, 0.717) is 17.8 Å². The van der Waals surface area contributed by atoms with Crippen molar-refractivity contribution in [1.29, 1.82) is 0 Å². The van der Waals surface area contributed by atoms with Gasteiger partial charge in [0.15, 0.2) is 0 Å². The Morgan fingerprint density at radius 3 is 3.00 bits per heavy atom. The smallest absolute Gasteiger partial charge is 0.251 e. The van der Waals surface area contributed by atoms with Crippen molar-refractivity contribution in [2.24, 2.45) is 0 Å². The number of nitrogens with one attached hydrogen (secondary N) is 2. The number of para-hydroxylation sites is 1. The summed E-state index contributed by atoms with van der Waals surface area (Å²) in [5.74, 6) is 0.618. The molecule has 2 N–H and O–H groups in total. The topological polar surface area (TPSA) is 44.4 Å². The summed E-state index contributed by atoms with van der Waals surface area (Å²) in [6, 6.07) is 14.7. The number of rotatable bonds is 3. The van der Waals surface area contributed by atoms with Gasteiger partial charge in [-0.2, -0.15) is 0 Å². The monoisotopic (exact) mass is 351 g/mol. The molecule has 1 saturated heterocycles. The fourth-order valence-electron chi connectivity index (χ4n) is 4.28. The van der Waals surface area contributed by atoms with Crippen molar-refractivity contribution < 1.29 is 4.79 Å². The first-order chi connectivity index (χ1) is 12.3. The predicted octanol–water partition coefficient (Wildman–Crippen LogP) is 3.26. The zero-order chi connectivity index (χ0) is 16.8. The van der Waals surface area contributed by atoms with Gasteiger partial charge in [0.1, 0.15) is 0 Å². The lowest BCUT2D eigenvalue weighted by atomic mass is 9.91. The van der Waals surface area contributed by atoms with E-state index < -0.39 is 0 Å². The lowest BCUT2D eigenvalue weighted by Crippen LogP contribution is -2.31. The minimum atomic E-state index is 0.0797. The van der Waals surface area contributed by atoms with E-state index in [1.807, 2.05) is 23.9 Å². The number of fused-ring (bicyclic) bond motifs is 2. The molecule has 5 heteroatoms. The SMILES string of the molecule is O=C1NCc2c1cccc2C1CCN(CC2Nc3ccccc3S2)C1. The highest BCUT2D eigenvalue weighted by Gasteiger charge is 2.31. The second-order valence-corrected chi connectivity index (χ2v) is 8.29. The summed E-state index contributed by atoms with van der Waals surface area (Å²) in [4.78, 5) is 15.8. The Morgan fingerprint density at radius 1 is 1.16 bits per heavy atom. The van der Waals surface area contributed by atoms with Crippen LogP contribution in [0.1, 0.15) is 33.8 Å². The molecule has 2 aromatic rings. The normalized spacial score (nSPS) is 24.7. The van der Waals surface area contributed by atoms with E-state index in [4.69, 9.17) is 0 Å². The molecular formula is C20H21N3OS. The summed E-state index contributed by atoms with van der Waals surface area (Å²) in [6.45, 7) is 3.96. The number of hydrogen-bond donors (Lipinski definition) is 2. The second-order valence-electron chi connectivity index (χ2n) is 7.05. The van der Waals surface area contributed by atoms with Crippen LogP contribution < -0.4 is 10.6 Å². The van der Waals surface area contributed by atoms with Gasteiger partial charge in [0, 0.05) is 35.8 Å². The summed E-state index contributed by atoms with van der Waals surface area (Å²) >= 11 is 1.93. The van der Waals surface area contributed by atoms with Crippen molar-refractivity contribution in [3.8, 4) is 0 Å². The first kappa shape index (κ1) is 15.3. The van der Waals surface area contributed by atoms with Crippen LogP contribution in [0.2, 0.25) is 0 Å². The van der Waals surface area contributed by atoms with Gasteiger partial charge in [-0.25, -0.2) is 0 Å². The van der Waals surface area contributed by atoms with Crippen LogP contribution in [0, 0.1) is 0 Å². The number of carbonyl (C=O) groups excluding carboxylic acids is 1. The molecule has 2 unspecified atom stereocenters. The van der Waals surface area contributed by atoms with Gasteiger partial charge >= 0.3 is 0 Å². The molecule has 3 aliphatic heterocycles. The first-order valence-electron chi connectivity index (χ1n) is 8.92. The van der Waals surface area contributed by atoms with Crippen molar-refractivity contribution in [2.45, 2.75) is 29.2 Å². The minimum absolute atomic E-state index is 0.0797. The highest BCUT2D eigenvalue weighted by Crippen LogP contribution is 2.39. The average molecular weight is 351 g/mol. The van der Waals surface area contributed by atoms with Crippen molar-refractivity contribution in [3.05, 3.63) is 59.2 Å². The molecule has 0 radical (unpaired) electrons. The molecule has 0 aliphatic carbocycles. The van der Waals surface area contributed by atoms with Gasteiger partial charge < -0.3 is 10.6 Å². The van der Waals surface area contributed by atoms with Crippen LogP contribution in [0.25, 0.3) is 0 Å². The number of likely N-dealkylation sites (tertiary alicyclic amines) is 1. The molecule has 0 spiro atoms. The van der Waals surface area contributed by atoms with Gasteiger partial charge in [-0.3, -0.25) is 9.69 Å². The maximum Gasteiger partial charge on any atom is 0.251 e. The van der Waals surface area contributed by atoms with Crippen LogP contribution in [0.5, 0.6) is 0 Å². The molecule has 0 saturated carbocycles. The van der Waals surface area contributed by atoms with E-state index in [0.717, 1.165) is 25.2 Å². The lowest BCUT2D eigenvalue weighted by molar-refractivity contribution is 0.0966. The van der Waals surface area contributed by atoms with Crippen molar-refractivity contribution in [2.75, 3.05) is 25.0 Å². The van der Waals surface area contributed by atoms with E-state index in [1.54, 1.807) is 0 Å². The van der Waals surface area contributed by atoms with Gasteiger partial charge in [0.2, 0.25) is 0 Å². The summed E-state index contributed by atoms with van der Waals surface area (Å²) in [5.41, 5.74) is 4.73. The van der Waals surface area contributed by atoms with Gasteiger partial charge in [0.25, 0.3) is 5.91 Å². The zero-order valence-corrected chi connectivity index (χ0v) is 14.8. The van der Waals surface area contributed by atoms with E-state index >= 15 is 0 Å². The third-order valence-electron chi connectivity index (χ3n) is 5.49. The Balaban J connectivity index is 1.27. The number of nitrogens with zero attached hydrogens (tertiary/aromatic N) is 1. The van der Waals surface area contributed by atoms with Crippen LogP contribution in [0.4, 0.5) is 5.69 Å². The minimum Gasteiger partial charge on any atom is -0.371 e. The molecule has 0 bridgehead atoms. The van der Waals surface area contributed by atoms with Crippen LogP contribution in [-0.2, 0) is 6.54 Å². The summed E-state index contributed by atoms with van der Waals surface area (Å²) < 4.78 is 0. The number of benzene rings is 2. The van der Waals surface area contributed by atoms with Gasteiger partial charge in [-0.1, -0.05) is 36.0 Å². The molecule has 5 rings (SSSR count). The highest BCUT2D eigenvalue weighted by atomic mass is 32.2. The number of amides is 1. The largest absolute Gasteiger partial charge is 0.371 e. The number of anilines is 1. The van der Waals surface area contributed by atoms with Crippen LogP contribution >= 0.6 is 11.8 Å². The highest BCUT2D eigenvalue weighted by molar-refractivity contribution is 8.00. The third-order valence-corrected chi connectivity index (χ3v) is 6.65. The van der Waals surface area contributed by atoms with Crippen molar-refractivity contribution in [1.82, 2.24) is 10.2 Å². The Morgan fingerprint density at radius 2 is 2.08 bits per heavy atom. The average Bonchev–Trinajstić information content (AvgIpc) is 3.33. The molecule has 128 valence electrons. The maximum atomic E-state index is 11.9. The molecule has 3 aliphatic rings. The third kappa shape index (κ3) is 2.71. The van der Waals surface area contributed by atoms with Crippen LogP contribution in [0.15, 0.2) is 47.4 Å². The number of hydrogen-bond acceptors (Lipinski definition) is 4. The molecule has 2 atom stereocenters. The summed E-state index contributed by atoms with van der Waals surface area (Å²) in [5, 5.41) is 7.02. The molecule has 25 heavy (non-hydrogen) atoms. The number of carbonyl (C=O) groups is 1. The first-order valence-corrected chi connectivity index (χ1v) is 9.80. The van der Waals surface area contributed by atoms with Crippen molar-refractivity contribution >= 4 is 23.4 Å². The Kier molecular flexibility index (Phi) is 3.71. The molecule has 1 fully saturated rings. The number of thioether (sulfide) groups is 1. The fourth-order valence-corrected chi connectivity index (χ4v) is 5.46. The maximum absolute atomic E-state index is 11.9. The molecule has 3 heterocycles. The van der Waals surface area contributed by atoms with Gasteiger partial charge in [0.05, 0.1) is 5.37 Å². The Labute approximate surface area is 152 Å². The fraction of sp³-hybridized carbons (Fsp3) is 0.350. The lowest BCUT2D eigenvalue weighted by Gasteiger charge is -2.21. The standard InChI is InChI=1S/C20H21N3OS/c24-20-15-5-3-4-14(16(15)10-21-20)13-8-9-23(11-13)12-19-22-17-6-1-2-7-18(17)25-19/h1-7,13,19,22H,8-12H2,(H,21,24). The molecule has 0 aromatic heterocycles. The van der Waals surface area contributed by atoms with E-state index in [9.17, 15) is 4.79 Å². The summed E-state index contributed by atoms with van der Waals surface area (Å²) in [6.07, 6.45) is 1.18. The molecule has 1 amide bonds. The summed E-state index contributed by atoms with van der Waals surface area (Å²) in [7, 11) is 0. The quantitative estimate of drug-likeness (QED) is 0.891. The molecule has 4 nitrogen and oxygen atoms in total.